The number of carbonyl (C=O) groups is 2. The largest absolute Gasteiger partial charge is 0.371 e. The van der Waals surface area contributed by atoms with Crippen LogP contribution in [0.3, 0.4) is 0 Å². The standard InChI is InChI=1S/C24H28Cl2N4O2/c1-15(2)22(28-23(31)19-8-7-18(25)13-20(19)26)24(32)29-27-14-17-6-9-21(16(3)12-17)30-10-4-5-11-30/h6-9,12-15,22H,4-5,10-11H2,1-3H3,(H,28,31)(H,29,32). The molecular weight excluding hydrogens is 447 g/mol. The van der Waals surface area contributed by atoms with Gasteiger partial charge in [0.05, 0.1) is 16.8 Å². The number of hydrogen-bond acceptors (Lipinski definition) is 4. The predicted molar refractivity (Wildman–Crippen MR) is 131 cm³/mol. The highest BCUT2D eigenvalue weighted by atomic mass is 35.5. The van der Waals surface area contributed by atoms with Gasteiger partial charge in [-0.1, -0.05) is 43.1 Å². The van der Waals surface area contributed by atoms with Gasteiger partial charge in [-0.3, -0.25) is 9.59 Å². The monoisotopic (exact) mass is 474 g/mol. The van der Waals surface area contributed by atoms with Crippen molar-refractivity contribution in [3.63, 3.8) is 0 Å². The number of rotatable bonds is 7. The first-order valence-corrected chi connectivity index (χ1v) is 11.5. The van der Waals surface area contributed by atoms with Crippen molar-refractivity contribution < 1.29 is 9.59 Å². The molecule has 0 bridgehead atoms. The third-order valence-electron chi connectivity index (χ3n) is 5.47. The lowest BCUT2D eigenvalue weighted by Crippen LogP contribution is -2.48. The molecule has 2 N–H and O–H groups in total. The Kier molecular flexibility index (Phi) is 8.15. The van der Waals surface area contributed by atoms with Crippen molar-refractivity contribution in [3.05, 3.63) is 63.1 Å². The van der Waals surface area contributed by atoms with Crippen LogP contribution in [-0.2, 0) is 4.79 Å². The molecule has 1 atom stereocenters. The van der Waals surface area contributed by atoms with Crippen LogP contribution in [0.5, 0.6) is 0 Å². The lowest BCUT2D eigenvalue weighted by molar-refractivity contribution is -0.123. The zero-order valence-electron chi connectivity index (χ0n) is 18.5. The molecule has 2 aromatic carbocycles. The van der Waals surface area contributed by atoms with Crippen LogP contribution < -0.4 is 15.6 Å². The maximum atomic E-state index is 12.7. The first kappa shape index (κ1) is 24.1. The van der Waals surface area contributed by atoms with Gasteiger partial charge in [0.2, 0.25) is 0 Å². The fourth-order valence-electron chi connectivity index (χ4n) is 3.74. The van der Waals surface area contributed by atoms with E-state index in [1.807, 2.05) is 26.0 Å². The minimum atomic E-state index is -0.773. The quantitative estimate of drug-likeness (QED) is 0.446. The van der Waals surface area contributed by atoms with Crippen molar-refractivity contribution in [2.45, 2.75) is 39.7 Å². The average Bonchev–Trinajstić information content (AvgIpc) is 3.26. The van der Waals surface area contributed by atoms with E-state index >= 15 is 0 Å². The fraction of sp³-hybridized carbons (Fsp3) is 0.375. The van der Waals surface area contributed by atoms with Crippen LogP contribution in [0, 0.1) is 12.8 Å². The van der Waals surface area contributed by atoms with Crippen molar-refractivity contribution in [3.8, 4) is 0 Å². The summed E-state index contributed by atoms with van der Waals surface area (Å²) in [5.74, 6) is -1.00. The summed E-state index contributed by atoms with van der Waals surface area (Å²) >= 11 is 12.0. The maximum Gasteiger partial charge on any atom is 0.262 e. The number of benzene rings is 2. The van der Waals surface area contributed by atoms with Gasteiger partial charge in [-0.25, -0.2) is 5.43 Å². The SMILES string of the molecule is Cc1cc(C=NNC(=O)C(NC(=O)c2ccc(Cl)cc2Cl)C(C)C)ccc1N1CCCC1. The van der Waals surface area contributed by atoms with E-state index in [9.17, 15) is 9.59 Å². The number of nitrogens with one attached hydrogen (secondary N) is 2. The second-order valence-corrected chi connectivity index (χ2v) is 9.14. The highest BCUT2D eigenvalue weighted by Gasteiger charge is 2.25. The van der Waals surface area contributed by atoms with Crippen molar-refractivity contribution in [2.75, 3.05) is 18.0 Å². The smallest absolute Gasteiger partial charge is 0.262 e. The molecule has 1 aliphatic heterocycles. The molecule has 6 nitrogen and oxygen atoms in total. The van der Waals surface area contributed by atoms with E-state index in [4.69, 9.17) is 23.2 Å². The van der Waals surface area contributed by atoms with E-state index in [-0.39, 0.29) is 16.5 Å². The highest BCUT2D eigenvalue weighted by Crippen LogP contribution is 2.24. The van der Waals surface area contributed by atoms with E-state index in [1.54, 1.807) is 12.3 Å². The molecule has 1 saturated heterocycles. The van der Waals surface area contributed by atoms with Gasteiger partial charge in [-0.2, -0.15) is 5.10 Å². The molecule has 0 radical (unpaired) electrons. The van der Waals surface area contributed by atoms with Gasteiger partial charge in [-0.05, 0) is 67.1 Å². The second kappa shape index (κ2) is 10.8. The number of halogens is 2. The number of nitrogens with zero attached hydrogens (tertiary/aromatic N) is 2. The molecule has 1 aliphatic rings. The molecule has 1 fully saturated rings. The Hall–Kier alpha value is -2.57. The van der Waals surface area contributed by atoms with Crippen molar-refractivity contribution in [1.29, 1.82) is 0 Å². The van der Waals surface area contributed by atoms with Gasteiger partial charge in [-0.15, -0.1) is 0 Å². The lowest BCUT2D eigenvalue weighted by Gasteiger charge is -2.21. The second-order valence-electron chi connectivity index (χ2n) is 8.29. The summed E-state index contributed by atoms with van der Waals surface area (Å²) in [4.78, 5) is 27.7. The van der Waals surface area contributed by atoms with Gasteiger partial charge in [0, 0.05) is 23.8 Å². The van der Waals surface area contributed by atoms with Gasteiger partial charge >= 0.3 is 0 Å². The first-order chi connectivity index (χ1) is 15.3. The molecule has 32 heavy (non-hydrogen) atoms. The Balaban J connectivity index is 1.62. The van der Waals surface area contributed by atoms with Gasteiger partial charge in [0.1, 0.15) is 6.04 Å². The van der Waals surface area contributed by atoms with Crippen LogP contribution in [-0.4, -0.2) is 37.2 Å². The first-order valence-electron chi connectivity index (χ1n) is 10.7. The maximum absolute atomic E-state index is 12.7. The fourth-order valence-corrected chi connectivity index (χ4v) is 4.23. The Labute approximate surface area is 199 Å². The molecule has 2 aromatic rings. The minimum Gasteiger partial charge on any atom is -0.371 e. The summed E-state index contributed by atoms with van der Waals surface area (Å²) in [7, 11) is 0. The Morgan fingerprint density at radius 1 is 1.09 bits per heavy atom. The number of hydrazone groups is 1. The summed E-state index contributed by atoms with van der Waals surface area (Å²) < 4.78 is 0. The Bertz CT molecular complexity index is 1020. The zero-order valence-corrected chi connectivity index (χ0v) is 20.0. The third-order valence-corrected chi connectivity index (χ3v) is 6.02. The molecular formula is C24H28Cl2N4O2. The van der Waals surface area contributed by atoms with Gasteiger partial charge in [0.25, 0.3) is 11.8 Å². The Morgan fingerprint density at radius 3 is 2.44 bits per heavy atom. The van der Waals surface area contributed by atoms with Crippen LogP contribution in [0.4, 0.5) is 5.69 Å². The van der Waals surface area contributed by atoms with Crippen molar-refractivity contribution in [1.82, 2.24) is 10.7 Å². The summed E-state index contributed by atoms with van der Waals surface area (Å²) in [6.45, 7) is 7.95. The molecule has 0 spiro atoms. The minimum absolute atomic E-state index is 0.151. The molecule has 2 amide bonds. The van der Waals surface area contributed by atoms with E-state index in [2.05, 4.69) is 33.7 Å². The Morgan fingerprint density at radius 2 is 1.81 bits per heavy atom. The summed E-state index contributed by atoms with van der Waals surface area (Å²) in [6.07, 6.45) is 4.06. The molecule has 0 saturated carbocycles. The highest BCUT2D eigenvalue weighted by molar-refractivity contribution is 6.36. The van der Waals surface area contributed by atoms with Crippen molar-refractivity contribution >= 4 is 46.9 Å². The normalized spacial score (nSPS) is 14.8. The number of carbonyl (C=O) groups excluding carboxylic acids is 2. The van der Waals surface area contributed by atoms with E-state index in [0.29, 0.717) is 5.02 Å². The van der Waals surface area contributed by atoms with Crippen molar-refractivity contribution in [2.24, 2.45) is 11.0 Å². The predicted octanol–water partition coefficient (Wildman–Crippen LogP) is 4.81. The van der Waals surface area contributed by atoms with Crippen LogP contribution >= 0.6 is 23.2 Å². The molecule has 1 unspecified atom stereocenters. The molecule has 0 aliphatic carbocycles. The van der Waals surface area contributed by atoms with Gasteiger partial charge < -0.3 is 10.2 Å². The summed E-state index contributed by atoms with van der Waals surface area (Å²) in [5.41, 5.74) is 6.10. The third kappa shape index (κ3) is 6.02. The summed E-state index contributed by atoms with van der Waals surface area (Å²) in [6, 6.07) is 9.95. The number of anilines is 1. The molecule has 1 heterocycles. The average molecular weight is 475 g/mol. The molecule has 3 rings (SSSR count). The molecule has 0 aromatic heterocycles. The number of amides is 2. The lowest BCUT2D eigenvalue weighted by atomic mass is 10.0. The van der Waals surface area contributed by atoms with Gasteiger partial charge in [0.15, 0.2) is 0 Å². The van der Waals surface area contributed by atoms with Crippen LogP contribution in [0.15, 0.2) is 41.5 Å². The van der Waals surface area contributed by atoms with E-state index in [1.165, 1.54) is 36.2 Å². The van der Waals surface area contributed by atoms with E-state index in [0.717, 1.165) is 18.7 Å². The number of aryl methyl sites for hydroxylation is 1. The zero-order chi connectivity index (χ0) is 23.3. The summed E-state index contributed by atoms with van der Waals surface area (Å²) in [5, 5.41) is 7.48. The van der Waals surface area contributed by atoms with E-state index < -0.39 is 17.9 Å². The van der Waals surface area contributed by atoms with Crippen LogP contribution in [0.2, 0.25) is 10.0 Å². The molecule has 170 valence electrons. The molecule has 8 heteroatoms. The number of hydrogen-bond donors (Lipinski definition) is 2. The van der Waals surface area contributed by atoms with Crippen LogP contribution in [0.1, 0.15) is 48.2 Å². The van der Waals surface area contributed by atoms with Crippen LogP contribution in [0.25, 0.3) is 0 Å². The topological polar surface area (TPSA) is 73.8 Å².